The number of aryl methyl sites for hydroxylation is 1. The van der Waals surface area contributed by atoms with Gasteiger partial charge in [0.05, 0.1) is 28.1 Å². The van der Waals surface area contributed by atoms with Crippen LogP contribution in [-0.4, -0.2) is 21.4 Å². The Hall–Kier alpha value is -4.52. The van der Waals surface area contributed by atoms with Crippen LogP contribution >= 0.6 is 11.6 Å². The Morgan fingerprint density at radius 2 is 1.74 bits per heavy atom. The number of hydrogen-bond donors (Lipinski definition) is 3. The highest BCUT2D eigenvalue weighted by atomic mass is 35.5. The third kappa shape index (κ3) is 4.44. The summed E-state index contributed by atoms with van der Waals surface area (Å²) in [5, 5.41) is 4.71. The fraction of sp³-hybridized carbons (Fsp3) is 0.120. The van der Waals surface area contributed by atoms with E-state index in [1.165, 1.54) is 13.1 Å². The molecule has 200 valence electrons. The van der Waals surface area contributed by atoms with Crippen LogP contribution in [-0.2, 0) is 13.2 Å². The molecule has 2 amide bonds. The van der Waals surface area contributed by atoms with Crippen LogP contribution in [0.15, 0.2) is 52.1 Å². The maximum Gasteiger partial charge on any atom is 0.416 e. The summed E-state index contributed by atoms with van der Waals surface area (Å²) in [6, 6.07) is 4.44. The number of nitrogens with zero attached hydrogens (tertiary/aromatic N) is 1. The van der Waals surface area contributed by atoms with Gasteiger partial charge in [0.15, 0.2) is 0 Å². The number of nitrogens with one attached hydrogen (secondary N) is 3. The summed E-state index contributed by atoms with van der Waals surface area (Å²) in [5.74, 6) is -4.05. The number of H-pyrrole nitrogens is 1. The van der Waals surface area contributed by atoms with E-state index in [0.29, 0.717) is 12.1 Å². The van der Waals surface area contributed by atoms with E-state index in [-0.39, 0.29) is 44.4 Å². The van der Waals surface area contributed by atoms with Gasteiger partial charge >= 0.3 is 11.9 Å². The minimum atomic E-state index is -4.95. The monoisotopic (exact) mass is 564 g/mol. The van der Waals surface area contributed by atoms with Gasteiger partial charge in [-0.3, -0.25) is 23.9 Å². The Morgan fingerprint density at radius 1 is 1.03 bits per heavy atom. The predicted molar refractivity (Wildman–Crippen MR) is 130 cm³/mol. The maximum atomic E-state index is 14.1. The Balaban J connectivity index is 1.77. The fourth-order valence-corrected chi connectivity index (χ4v) is 4.74. The van der Waals surface area contributed by atoms with Crippen LogP contribution in [0.3, 0.4) is 0 Å². The Kier molecular flexibility index (Phi) is 6.06. The molecule has 0 saturated heterocycles. The summed E-state index contributed by atoms with van der Waals surface area (Å²) in [7, 11) is 1.28. The molecular formula is C25H14ClF5N4O4. The second-order valence-corrected chi connectivity index (χ2v) is 9.09. The molecule has 0 bridgehead atoms. The standard InChI is InChI=1S/C25H14ClF5N4O4/c1-35-20-14(22(37)34-24(35)39)8-16(32-21(36)9-4-10(25(29,30)31)6-12(28)5-9)17-18(20)23(38)33-19(17)13-7-11(27)2-3-15(13)26/h2-8,19H,1H3,(H,32,36)(H,33,38)(H,34,37,39). The van der Waals surface area contributed by atoms with Crippen LogP contribution in [0.5, 0.6) is 0 Å². The van der Waals surface area contributed by atoms with E-state index in [0.717, 1.165) is 22.8 Å². The van der Waals surface area contributed by atoms with Crippen LogP contribution in [0.2, 0.25) is 5.02 Å². The number of amides is 2. The lowest BCUT2D eigenvalue weighted by molar-refractivity contribution is -0.137. The highest BCUT2D eigenvalue weighted by molar-refractivity contribution is 6.31. The summed E-state index contributed by atoms with van der Waals surface area (Å²) < 4.78 is 68.7. The quantitative estimate of drug-likeness (QED) is 0.323. The molecule has 1 atom stereocenters. The van der Waals surface area contributed by atoms with Crippen molar-refractivity contribution in [2.45, 2.75) is 12.2 Å². The van der Waals surface area contributed by atoms with Gasteiger partial charge in [-0.05, 0) is 42.5 Å². The number of carbonyl (C=O) groups excluding carboxylic acids is 2. The number of halogens is 6. The van der Waals surface area contributed by atoms with Gasteiger partial charge in [-0.25, -0.2) is 13.6 Å². The third-order valence-corrected chi connectivity index (χ3v) is 6.59. The molecule has 0 saturated carbocycles. The molecule has 1 unspecified atom stereocenters. The van der Waals surface area contributed by atoms with Crippen LogP contribution in [0.25, 0.3) is 10.9 Å². The van der Waals surface area contributed by atoms with Crippen molar-refractivity contribution in [2.24, 2.45) is 7.05 Å². The number of benzene rings is 3. The van der Waals surface area contributed by atoms with Gasteiger partial charge in [-0.15, -0.1) is 0 Å². The lowest BCUT2D eigenvalue weighted by Crippen LogP contribution is -2.30. The lowest BCUT2D eigenvalue weighted by Gasteiger charge is -2.19. The number of alkyl halides is 3. The zero-order chi connectivity index (χ0) is 28.4. The topological polar surface area (TPSA) is 113 Å². The van der Waals surface area contributed by atoms with E-state index in [1.807, 2.05) is 0 Å². The fourth-order valence-electron chi connectivity index (χ4n) is 4.52. The molecule has 1 aromatic heterocycles. The average Bonchev–Trinajstić information content (AvgIpc) is 3.20. The molecule has 0 fully saturated rings. The zero-order valence-electron chi connectivity index (χ0n) is 19.5. The molecule has 8 nitrogen and oxygen atoms in total. The Bertz CT molecular complexity index is 1850. The van der Waals surface area contributed by atoms with E-state index in [2.05, 4.69) is 15.6 Å². The number of carbonyl (C=O) groups is 2. The molecule has 3 N–H and O–H groups in total. The number of aromatic nitrogens is 2. The van der Waals surface area contributed by atoms with Gasteiger partial charge in [0, 0.05) is 34.4 Å². The van der Waals surface area contributed by atoms with E-state index < -0.39 is 58.0 Å². The van der Waals surface area contributed by atoms with Crippen LogP contribution in [0.4, 0.5) is 27.6 Å². The normalized spacial score (nSPS) is 14.8. The minimum Gasteiger partial charge on any atom is -0.341 e. The van der Waals surface area contributed by atoms with Crippen molar-refractivity contribution in [2.75, 3.05) is 5.32 Å². The second-order valence-electron chi connectivity index (χ2n) is 8.68. The number of fused-ring (bicyclic) bond motifs is 3. The molecule has 3 aromatic carbocycles. The first kappa shape index (κ1) is 26.1. The van der Waals surface area contributed by atoms with E-state index >= 15 is 0 Å². The van der Waals surface area contributed by atoms with Gasteiger partial charge < -0.3 is 10.6 Å². The van der Waals surface area contributed by atoms with Gasteiger partial charge in [0.1, 0.15) is 11.6 Å². The largest absolute Gasteiger partial charge is 0.416 e. The first-order chi connectivity index (χ1) is 18.3. The molecule has 0 spiro atoms. The average molecular weight is 565 g/mol. The zero-order valence-corrected chi connectivity index (χ0v) is 20.2. The van der Waals surface area contributed by atoms with Crippen molar-refractivity contribution in [3.8, 4) is 0 Å². The molecule has 0 radical (unpaired) electrons. The van der Waals surface area contributed by atoms with Crippen molar-refractivity contribution >= 4 is 40.0 Å². The van der Waals surface area contributed by atoms with Crippen molar-refractivity contribution < 1.29 is 31.5 Å². The first-order valence-electron chi connectivity index (χ1n) is 11.0. The van der Waals surface area contributed by atoms with Crippen LogP contribution in [0, 0.1) is 11.6 Å². The number of rotatable bonds is 3. The third-order valence-electron chi connectivity index (χ3n) is 6.24. The Morgan fingerprint density at radius 3 is 2.44 bits per heavy atom. The van der Waals surface area contributed by atoms with Gasteiger partial charge in [0.2, 0.25) is 0 Å². The Labute approximate surface area is 219 Å². The number of anilines is 1. The van der Waals surface area contributed by atoms with E-state index in [9.17, 15) is 41.1 Å². The lowest BCUT2D eigenvalue weighted by atomic mass is 9.94. The molecule has 1 aliphatic rings. The SMILES string of the molecule is Cn1c(=O)[nH]c(=O)c2cc(NC(=O)c3cc(F)cc(C(F)(F)F)c3)c3c(c21)C(=O)NC3c1cc(F)ccc1Cl. The summed E-state index contributed by atoms with van der Waals surface area (Å²) >= 11 is 6.26. The smallest absolute Gasteiger partial charge is 0.341 e. The molecule has 5 rings (SSSR count). The molecule has 4 aromatic rings. The molecule has 1 aliphatic heterocycles. The highest BCUT2D eigenvalue weighted by Crippen LogP contribution is 2.42. The summed E-state index contributed by atoms with van der Waals surface area (Å²) in [6.07, 6.45) is -4.95. The molecule has 39 heavy (non-hydrogen) atoms. The van der Waals surface area contributed by atoms with Crippen molar-refractivity contribution in [1.29, 1.82) is 0 Å². The van der Waals surface area contributed by atoms with Gasteiger partial charge in [0.25, 0.3) is 17.4 Å². The van der Waals surface area contributed by atoms with Crippen molar-refractivity contribution in [1.82, 2.24) is 14.9 Å². The number of hydrogen-bond acceptors (Lipinski definition) is 4. The summed E-state index contributed by atoms with van der Waals surface area (Å²) in [5.41, 5.74) is -4.47. The van der Waals surface area contributed by atoms with Gasteiger partial charge in [-0.1, -0.05) is 11.6 Å². The first-order valence-corrected chi connectivity index (χ1v) is 11.4. The molecular weight excluding hydrogens is 551 g/mol. The molecule has 2 heterocycles. The summed E-state index contributed by atoms with van der Waals surface area (Å²) in [6.45, 7) is 0. The second kappa shape index (κ2) is 9.05. The van der Waals surface area contributed by atoms with Crippen molar-refractivity contribution in [3.05, 3.63) is 108 Å². The minimum absolute atomic E-state index is 0.0201. The van der Waals surface area contributed by atoms with E-state index in [4.69, 9.17) is 11.6 Å². The van der Waals surface area contributed by atoms with Crippen LogP contribution in [0.1, 0.15) is 43.4 Å². The van der Waals surface area contributed by atoms with Gasteiger partial charge in [-0.2, -0.15) is 13.2 Å². The van der Waals surface area contributed by atoms with E-state index in [1.54, 1.807) is 0 Å². The molecule has 0 aliphatic carbocycles. The van der Waals surface area contributed by atoms with Crippen LogP contribution < -0.4 is 21.9 Å². The molecule has 14 heteroatoms. The summed E-state index contributed by atoms with van der Waals surface area (Å²) in [4.78, 5) is 53.3. The van der Waals surface area contributed by atoms with Crippen molar-refractivity contribution in [3.63, 3.8) is 0 Å². The predicted octanol–water partition coefficient (Wildman–Crippen LogP) is 4.26. The highest BCUT2D eigenvalue weighted by Gasteiger charge is 2.38. The maximum absolute atomic E-state index is 14.1. The number of aromatic amines is 1.